The molecule has 2 aromatic rings. The number of carbonyl (C=O) groups excluding carboxylic acids is 1. The summed E-state index contributed by atoms with van der Waals surface area (Å²) in [5, 5.41) is 0.602. The fraction of sp³-hybridized carbons (Fsp3) is 0.200. The quantitative estimate of drug-likeness (QED) is 0.555. The Hall–Kier alpha value is -2.79. The Morgan fingerprint density at radius 2 is 1.81 bits per heavy atom. The zero-order valence-corrected chi connectivity index (χ0v) is 15.2. The Labute approximate surface area is 156 Å². The summed E-state index contributed by atoms with van der Waals surface area (Å²) in [6, 6.07) is 12.4. The van der Waals surface area contributed by atoms with Crippen molar-refractivity contribution in [3.05, 3.63) is 64.3 Å². The second-order valence-electron chi connectivity index (χ2n) is 5.41. The van der Waals surface area contributed by atoms with E-state index < -0.39 is 5.97 Å². The molecule has 5 nitrogen and oxygen atoms in total. The SMILES string of the molecule is CCOc1ccc(C=C2N=C(c3ccc(Cl)cc3)OC2=O)c(OCC)c1. The van der Waals surface area contributed by atoms with Gasteiger partial charge in [0.1, 0.15) is 11.5 Å². The van der Waals surface area contributed by atoms with Crippen LogP contribution in [0.3, 0.4) is 0 Å². The molecule has 0 radical (unpaired) electrons. The second-order valence-corrected chi connectivity index (χ2v) is 5.85. The molecule has 0 saturated carbocycles. The Bertz CT molecular complexity index is 872. The lowest BCUT2D eigenvalue weighted by Gasteiger charge is -2.10. The molecule has 0 aromatic heterocycles. The fourth-order valence-electron chi connectivity index (χ4n) is 2.44. The molecule has 0 saturated heterocycles. The third kappa shape index (κ3) is 4.06. The minimum Gasteiger partial charge on any atom is -0.494 e. The minimum atomic E-state index is -0.508. The van der Waals surface area contributed by atoms with E-state index >= 15 is 0 Å². The molecular weight excluding hydrogens is 354 g/mol. The normalized spacial score (nSPS) is 15.0. The number of nitrogens with zero attached hydrogens (tertiary/aromatic N) is 1. The van der Waals surface area contributed by atoms with Gasteiger partial charge in [0.05, 0.1) is 13.2 Å². The van der Waals surface area contributed by atoms with Crippen molar-refractivity contribution < 1.29 is 19.0 Å². The van der Waals surface area contributed by atoms with Crippen molar-refractivity contribution in [3.8, 4) is 11.5 Å². The molecule has 26 heavy (non-hydrogen) atoms. The highest BCUT2D eigenvalue weighted by atomic mass is 35.5. The van der Waals surface area contributed by atoms with Gasteiger partial charge in [-0.15, -0.1) is 0 Å². The smallest absolute Gasteiger partial charge is 0.363 e. The van der Waals surface area contributed by atoms with Gasteiger partial charge in [0.25, 0.3) is 0 Å². The van der Waals surface area contributed by atoms with E-state index in [2.05, 4.69) is 4.99 Å². The first-order chi connectivity index (χ1) is 12.6. The Morgan fingerprint density at radius 3 is 2.50 bits per heavy atom. The topological polar surface area (TPSA) is 57.1 Å². The molecule has 6 heteroatoms. The molecule has 0 bridgehead atoms. The van der Waals surface area contributed by atoms with Crippen LogP contribution in [-0.2, 0) is 9.53 Å². The summed E-state index contributed by atoms with van der Waals surface area (Å²) in [6.45, 7) is 4.87. The first-order valence-electron chi connectivity index (χ1n) is 8.29. The number of rotatable bonds is 6. The highest BCUT2D eigenvalue weighted by Crippen LogP contribution is 2.29. The number of cyclic esters (lactones) is 1. The number of aliphatic imine (C=N–C) groups is 1. The monoisotopic (exact) mass is 371 g/mol. The van der Waals surface area contributed by atoms with Crippen molar-refractivity contribution in [2.75, 3.05) is 13.2 Å². The van der Waals surface area contributed by atoms with Crippen LogP contribution in [0.15, 0.2) is 53.2 Å². The maximum atomic E-state index is 12.2. The highest BCUT2D eigenvalue weighted by Gasteiger charge is 2.24. The first kappa shape index (κ1) is 18.0. The van der Waals surface area contributed by atoms with E-state index in [1.54, 1.807) is 36.4 Å². The van der Waals surface area contributed by atoms with Gasteiger partial charge in [0, 0.05) is 22.2 Å². The van der Waals surface area contributed by atoms with Crippen LogP contribution in [0.5, 0.6) is 11.5 Å². The predicted molar refractivity (Wildman–Crippen MR) is 101 cm³/mol. The van der Waals surface area contributed by atoms with Gasteiger partial charge < -0.3 is 14.2 Å². The van der Waals surface area contributed by atoms with Crippen LogP contribution in [0.25, 0.3) is 6.08 Å². The Morgan fingerprint density at radius 1 is 1.08 bits per heavy atom. The number of ether oxygens (including phenoxy) is 3. The van der Waals surface area contributed by atoms with Gasteiger partial charge in [-0.25, -0.2) is 9.79 Å². The minimum absolute atomic E-state index is 0.208. The molecule has 3 rings (SSSR count). The average molecular weight is 372 g/mol. The molecule has 1 aliphatic heterocycles. The summed E-state index contributed by atoms with van der Waals surface area (Å²) < 4.78 is 16.4. The van der Waals surface area contributed by atoms with E-state index in [0.717, 1.165) is 5.56 Å². The van der Waals surface area contributed by atoms with E-state index in [9.17, 15) is 4.79 Å². The maximum Gasteiger partial charge on any atom is 0.363 e. The number of benzene rings is 2. The second kappa shape index (κ2) is 8.06. The molecule has 0 atom stereocenters. The van der Waals surface area contributed by atoms with Gasteiger partial charge >= 0.3 is 5.97 Å². The lowest BCUT2D eigenvalue weighted by atomic mass is 10.1. The molecule has 0 spiro atoms. The molecule has 0 unspecified atom stereocenters. The van der Waals surface area contributed by atoms with Crippen molar-refractivity contribution in [1.29, 1.82) is 0 Å². The standard InChI is InChI=1S/C20H18ClNO4/c1-3-24-16-10-7-14(18(12-16)25-4-2)11-17-20(23)26-19(22-17)13-5-8-15(21)9-6-13/h5-12H,3-4H2,1-2H3. The molecule has 0 aliphatic carbocycles. The van der Waals surface area contributed by atoms with E-state index in [-0.39, 0.29) is 11.6 Å². The Kier molecular flexibility index (Phi) is 5.58. The molecule has 2 aromatic carbocycles. The molecule has 1 heterocycles. The van der Waals surface area contributed by atoms with Gasteiger partial charge in [-0.2, -0.15) is 0 Å². The van der Waals surface area contributed by atoms with E-state index in [0.29, 0.717) is 35.3 Å². The number of halogens is 1. The third-order valence-corrected chi connectivity index (χ3v) is 3.85. The molecule has 0 amide bonds. The Balaban J connectivity index is 1.93. The van der Waals surface area contributed by atoms with Crippen LogP contribution in [0, 0.1) is 0 Å². The van der Waals surface area contributed by atoms with Gasteiger partial charge in [0.2, 0.25) is 5.90 Å². The largest absolute Gasteiger partial charge is 0.494 e. The van der Waals surface area contributed by atoms with Crippen LogP contribution in [0.1, 0.15) is 25.0 Å². The van der Waals surface area contributed by atoms with Gasteiger partial charge in [-0.3, -0.25) is 0 Å². The van der Waals surface area contributed by atoms with Crippen LogP contribution < -0.4 is 9.47 Å². The number of esters is 1. The summed E-state index contributed by atoms with van der Waals surface area (Å²) in [7, 11) is 0. The molecule has 134 valence electrons. The highest BCUT2D eigenvalue weighted by molar-refractivity contribution is 6.30. The van der Waals surface area contributed by atoms with E-state index in [1.807, 2.05) is 26.0 Å². The molecular formula is C20H18ClNO4. The van der Waals surface area contributed by atoms with Gasteiger partial charge in [0.15, 0.2) is 5.70 Å². The van der Waals surface area contributed by atoms with Crippen molar-refractivity contribution >= 4 is 29.5 Å². The average Bonchev–Trinajstić information content (AvgIpc) is 2.99. The number of hydrogen-bond donors (Lipinski definition) is 0. The summed E-state index contributed by atoms with van der Waals surface area (Å²) in [4.78, 5) is 16.5. The van der Waals surface area contributed by atoms with Crippen molar-refractivity contribution in [1.82, 2.24) is 0 Å². The van der Waals surface area contributed by atoms with Crippen LogP contribution in [0.2, 0.25) is 5.02 Å². The number of hydrogen-bond acceptors (Lipinski definition) is 5. The third-order valence-electron chi connectivity index (χ3n) is 3.60. The summed E-state index contributed by atoms with van der Waals surface area (Å²) in [5.41, 5.74) is 1.62. The molecule has 0 fully saturated rings. The van der Waals surface area contributed by atoms with Gasteiger partial charge in [-0.05, 0) is 56.3 Å². The predicted octanol–water partition coefficient (Wildman–Crippen LogP) is 4.48. The van der Waals surface area contributed by atoms with Gasteiger partial charge in [-0.1, -0.05) is 11.6 Å². The summed E-state index contributed by atoms with van der Waals surface area (Å²) in [6.07, 6.45) is 1.64. The van der Waals surface area contributed by atoms with E-state index in [4.69, 9.17) is 25.8 Å². The maximum absolute atomic E-state index is 12.2. The first-order valence-corrected chi connectivity index (χ1v) is 8.66. The summed E-state index contributed by atoms with van der Waals surface area (Å²) in [5.74, 6) is 1.07. The molecule has 0 N–H and O–H groups in total. The number of carbonyl (C=O) groups is 1. The lowest BCUT2D eigenvalue weighted by molar-refractivity contribution is -0.129. The lowest BCUT2D eigenvalue weighted by Crippen LogP contribution is -2.05. The zero-order valence-electron chi connectivity index (χ0n) is 14.5. The van der Waals surface area contributed by atoms with E-state index in [1.165, 1.54) is 0 Å². The zero-order chi connectivity index (χ0) is 18.5. The fourth-order valence-corrected chi connectivity index (χ4v) is 2.57. The van der Waals surface area contributed by atoms with Crippen molar-refractivity contribution in [3.63, 3.8) is 0 Å². The van der Waals surface area contributed by atoms with Crippen LogP contribution >= 0.6 is 11.6 Å². The van der Waals surface area contributed by atoms with Crippen LogP contribution in [0.4, 0.5) is 0 Å². The van der Waals surface area contributed by atoms with Crippen molar-refractivity contribution in [2.45, 2.75) is 13.8 Å². The summed E-state index contributed by atoms with van der Waals surface area (Å²) >= 11 is 5.88. The molecule has 1 aliphatic rings. The van der Waals surface area contributed by atoms with Crippen LogP contribution in [-0.4, -0.2) is 25.1 Å². The van der Waals surface area contributed by atoms with Crippen molar-refractivity contribution in [2.24, 2.45) is 4.99 Å².